The average Bonchev–Trinajstić information content (AvgIpc) is 3.04. The summed E-state index contributed by atoms with van der Waals surface area (Å²) in [6.07, 6.45) is 8.45. The molecule has 1 aromatic carbocycles. The third-order valence-corrected chi connectivity index (χ3v) is 6.54. The van der Waals surface area contributed by atoms with Gasteiger partial charge in [-0.2, -0.15) is 0 Å². The first-order valence-electron chi connectivity index (χ1n) is 9.57. The van der Waals surface area contributed by atoms with E-state index in [1.807, 2.05) is 0 Å². The fourth-order valence-corrected chi connectivity index (χ4v) is 4.70. The summed E-state index contributed by atoms with van der Waals surface area (Å²) >= 11 is 0. The van der Waals surface area contributed by atoms with Crippen molar-refractivity contribution >= 4 is 15.9 Å². The van der Waals surface area contributed by atoms with Crippen molar-refractivity contribution in [2.24, 2.45) is 0 Å². The van der Waals surface area contributed by atoms with E-state index in [0.29, 0.717) is 12.2 Å². The first-order valence-corrected chi connectivity index (χ1v) is 11.0. The van der Waals surface area contributed by atoms with Gasteiger partial charge < -0.3 is 10.1 Å². The standard InChI is InChI=1S/C19H28N2O4S/c22-19(21-16-8-3-1-2-4-9-16)15-7-5-11-18(13-15)26(23,24)20-14-17-10-6-12-25-17/h5,7,11,13,16-17,20H,1-4,6,8-10,12,14H2,(H,21,22)/t17-/m1/s1. The number of carbonyl (C=O) groups excluding carboxylic acids is 1. The van der Waals surface area contributed by atoms with E-state index in [1.54, 1.807) is 12.1 Å². The highest BCUT2D eigenvalue weighted by Gasteiger charge is 2.22. The molecule has 0 unspecified atom stereocenters. The smallest absolute Gasteiger partial charge is 0.251 e. The maximum atomic E-state index is 12.5. The molecular weight excluding hydrogens is 352 g/mol. The SMILES string of the molecule is O=C(NC1CCCCCC1)c1cccc(S(=O)(=O)NC[C@H]2CCCO2)c1. The van der Waals surface area contributed by atoms with Gasteiger partial charge in [0.05, 0.1) is 11.0 Å². The van der Waals surface area contributed by atoms with Gasteiger partial charge in [0.2, 0.25) is 10.0 Å². The minimum atomic E-state index is -3.65. The van der Waals surface area contributed by atoms with Crippen molar-refractivity contribution in [3.05, 3.63) is 29.8 Å². The Morgan fingerprint density at radius 3 is 2.54 bits per heavy atom. The molecule has 1 aliphatic carbocycles. The lowest BCUT2D eigenvalue weighted by atomic mass is 10.1. The van der Waals surface area contributed by atoms with Gasteiger partial charge in [-0.1, -0.05) is 31.7 Å². The molecule has 144 valence electrons. The van der Waals surface area contributed by atoms with Gasteiger partial charge in [0, 0.05) is 24.8 Å². The topological polar surface area (TPSA) is 84.5 Å². The lowest BCUT2D eigenvalue weighted by Crippen LogP contribution is -2.35. The second-order valence-corrected chi connectivity index (χ2v) is 8.94. The van der Waals surface area contributed by atoms with Crippen LogP contribution in [-0.2, 0) is 14.8 Å². The van der Waals surface area contributed by atoms with E-state index in [1.165, 1.54) is 25.0 Å². The third-order valence-electron chi connectivity index (χ3n) is 5.12. The molecule has 1 aliphatic heterocycles. The number of rotatable bonds is 6. The summed E-state index contributed by atoms with van der Waals surface area (Å²) < 4.78 is 33.0. The summed E-state index contributed by atoms with van der Waals surface area (Å²) in [7, 11) is -3.65. The number of sulfonamides is 1. The van der Waals surface area contributed by atoms with Crippen LogP contribution < -0.4 is 10.0 Å². The molecule has 3 rings (SSSR count). The van der Waals surface area contributed by atoms with Crippen LogP contribution in [0.25, 0.3) is 0 Å². The van der Waals surface area contributed by atoms with Gasteiger partial charge in [-0.15, -0.1) is 0 Å². The second kappa shape index (κ2) is 8.97. The number of carbonyl (C=O) groups is 1. The molecule has 0 spiro atoms. The van der Waals surface area contributed by atoms with Crippen molar-refractivity contribution < 1.29 is 17.9 Å². The van der Waals surface area contributed by atoms with E-state index in [0.717, 1.165) is 38.5 Å². The van der Waals surface area contributed by atoms with Gasteiger partial charge in [0.25, 0.3) is 5.91 Å². The Hall–Kier alpha value is -1.44. The Labute approximate surface area is 155 Å². The van der Waals surface area contributed by atoms with E-state index in [9.17, 15) is 13.2 Å². The van der Waals surface area contributed by atoms with Crippen molar-refractivity contribution in [3.8, 4) is 0 Å². The summed E-state index contributed by atoms with van der Waals surface area (Å²) in [5, 5.41) is 3.06. The zero-order valence-electron chi connectivity index (χ0n) is 15.1. The van der Waals surface area contributed by atoms with Crippen molar-refractivity contribution in [1.82, 2.24) is 10.0 Å². The van der Waals surface area contributed by atoms with Gasteiger partial charge >= 0.3 is 0 Å². The fourth-order valence-electron chi connectivity index (χ4n) is 3.59. The molecule has 2 N–H and O–H groups in total. The molecule has 0 aromatic heterocycles. The molecule has 2 fully saturated rings. The van der Waals surface area contributed by atoms with Crippen LogP contribution in [0, 0.1) is 0 Å². The first kappa shape index (κ1) is 19.3. The minimum absolute atomic E-state index is 0.0634. The van der Waals surface area contributed by atoms with Crippen molar-refractivity contribution in [2.45, 2.75) is 68.4 Å². The minimum Gasteiger partial charge on any atom is -0.377 e. The van der Waals surface area contributed by atoms with Crippen LogP contribution in [0.4, 0.5) is 0 Å². The van der Waals surface area contributed by atoms with Crippen LogP contribution in [0.15, 0.2) is 29.2 Å². The lowest BCUT2D eigenvalue weighted by molar-refractivity contribution is 0.0933. The molecule has 1 saturated heterocycles. The van der Waals surface area contributed by atoms with Crippen LogP contribution in [0.3, 0.4) is 0 Å². The monoisotopic (exact) mass is 380 g/mol. The van der Waals surface area contributed by atoms with Gasteiger partial charge in [0.1, 0.15) is 0 Å². The fraction of sp³-hybridized carbons (Fsp3) is 0.632. The molecule has 1 heterocycles. The number of nitrogens with one attached hydrogen (secondary N) is 2. The zero-order chi connectivity index (χ0) is 18.4. The lowest BCUT2D eigenvalue weighted by Gasteiger charge is -2.16. The van der Waals surface area contributed by atoms with Gasteiger partial charge in [0.15, 0.2) is 0 Å². The molecule has 2 aliphatic rings. The quantitative estimate of drug-likeness (QED) is 0.743. The Kier molecular flexibility index (Phi) is 6.67. The number of amides is 1. The number of hydrogen-bond acceptors (Lipinski definition) is 4. The summed E-state index contributed by atoms with van der Waals surface area (Å²) in [4.78, 5) is 12.6. The first-order chi connectivity index (χ1) is 12.5. The highest BCUT2D eigenvalue weighted by molar-refractivity contribution is 7.89. The van der Waals surface area contributed by atoms with Gasteiger partial charge in [-0.25, -0.2) is 13.1 Å². The van der Waals surface area contributed by atoms with Crippen molar-refractivity contribution in [2.75, 3.05) is 13.2 Å². The number of hydrogen-bond donors (Lipinski definition) is 2. The summed E-state index contributed by atoms with van der Waals surface area (Å²) in [6, 6.07) is 6.42. The molecule has 6 nitrogen and oxygen atoms in total. The van der Waals surface area contributed by atoms with Gasteiger partial charge in [-0.05, 0) is 43.9 Å². The van der Waals surface area contributed by atoms with E-state index in [4.69, 9.17) is 4.74 Å². The molecule has 0 radical (unpaired) electrons. The maximum Gasteiger partial charge on any atom is 0.251 e. The summed E-state index contributed by atoms with van der Waals surface area (Å²) in [6.45, 7) is 0.948. The highest BCUT2D eigenvalue weighted by atomic mass is 32.2. The van der Waals surface area contributed by atoms with Crippen LogP contribution in [-0.4, -0.2) is 39.6 Å². The summed E-state index contributed by atoms with van der Waals surface area (Å²) in [5.74, 6) is -0.201. The molecule has 1 amide bonds. The molecule has 1 saturated carbocycles. The Morgan fingerprint density at radius 1 is 1.08 bits per heavy atom. The van der Waals surface area contributed by atoms with Crippen molar-refractivity contribution in [3.63, 3.8) is 0 Å². The predicted octanol–water partition coefficient (Wildman–Crippen LogP) is 2.60. The van der Waals surface area contributed by atoms with Crippen LogP contribution in [0.2, 0.25) is 0 Å². The van der Waals surface area contributed by atoms with Crippen LogP contribution >= 0.6 is 0 Å². The summed E-state index contributed by atoms with van der Waals surface area (Å²) in [5.41, 5.74) is 0.384. The van der Waals surface area contributed by atoms with E-state index >= 15 is 0 Å². The Morgan fingerprint density at radius 2 is 1.85 bits per heavy atom. The normalized spacial score (nSPS) is 22.1. The molecule has 26 heavy (non-hydrogen) atoms. The molecule has 7 heteroatoms. The molecular formula is C19H28N2O4S. The van der Waals surface area contributed by atoms with Crippen molar-refractivity contribution in [1.29, 1.82) is 0 Å². The maximum absolute atomic E-state index is 12.5. The third kappa shape index (κ3) is 5.28. The highest BCUT2D eigenvalue weighted by Crippen LogP contribution is 2.18. The Bertz CT molecular complexity index is 706. The largest absolute Gasteiger partial charge is 0.377 e. The van der Waals surface area contributed by atoms with Crippen LogP contribution in [0.5, 0.6) is 0 Å². The van der Waals surface area contributed by atoms with Crippen LogP contribution in [0.1, 0.15) is 61.7 Å². The molecule has 1 aromatic rings. The second-order valence-electron chi connectivity index (χ2n) is 7.18. The predicted molar refractivity (Wildman–Crippen MR) is 99.6 cm³/mol. The average molecular weight is 381 g/mol. The Balaban J connectivity index is 1.63. The molecule has 0 bridgehead atoms. The number of benzene rings is 1. The molecule has 1 atom stereocenters. The zero-order valence-corrected chi connectivity index (χ0v) is 15.9. The van der Waals surface area contributed by atoms with Gasteiger partial charge in [-0.3, -0.25) is 4.79 Å². The van der Waals surface area contributed by atoms with E-state index in [-0.39, 0.29) is 29.5 Å². The van der Waals surface area contributed by atoms with E-state index < -0.39 is 10.0 Å². The number of ether oxygens (including phenoxy) is 1. The van der Waals surface area contributed by atoms with E-state index in [2.05, 4.69) is 10.0 Å².